The highest BCUT2D eigenvalue weighted by molar-refractivity contribution is 8.01. The largest absolute Gasteiger partial charge is 0.478 e. The van der Waals surface area contributed by atoms with Crippen LogP contribution in [0.1, 0.15) is 28.7 Å². The topological polar surface area (TPSA) is 63.1 Å². The molecule has 94 valence electrons. The third kappa shape index (κ3) is 2.88. The van der Waals surface area contributed by atoms with Crippen LogP contribution >= 0.6 is 23.3 Å². The maximum atomic E-state index is 10.8. The third-order valence-corrected chi connectivity index (χ3v) is 4.35. The number of rotatable bonds is 4. The van der Waals surface area contributed by atoms with E-state index in [1.807, 2.05) is 19.9 Å². The van der Waals surface area contributed by atoms with Gasteiger partial charge in [0.05, 0.1) is 5.56 Å². The van der Waals surface area contributed by atoms with Gasteiger partial charge >= 0.3 is 5.97 Å². The predicted octanol–water partition coefficient (Wildman–Crippen LogP) is 3.26. The van der Waals surface area contributed by atoms with Crippen LogP contribution in [-0.4, -0.2) is 20.4 Å². The summed E-state index contributed by atoms with van der Waals surface area (Å²) >= 11 is 2.90. The fraction of sp³-hybridized carbons (Fsp3) is 0.250. The first-order chi connectivity index (χ1) is 8.60. The lowest BCUT2D eigenvalue weighted by atomic mass is 10.1. The van der Waals surface area contributed by atoms with Crippen molar-refractivity contribution in [3.63, 3.8) is 0 Å². The molecule has 6 heteroatoms. The van der Waals surface area contributed by atoms with Gasteiger partial charge in [-0.3, -0.25) is 0 Å². The average molecular weight is 280 g/mol. The SMILES string of the molecule is CCc1nsc(Sc2ccc(C(=O)O)cc2C)n1. The number of carboxylic acid groups (broad SMARTS) is 1. The monoisotopic (exact) mass is 280 g/mol. The highest BCUT2D eigenvalue weighted by atomic mass is 32.2. The number of aromatic carboxylic acids is 1. The molecule has 0 saturated carbocycles. The van der Waals surface area contributed by atoms with Crippen LogP contribution in [-0.2, 0) is 6.42 Å². The van der Waals surface area contributed by atoms with Crippen molar-refractivity contribution in [1.29, 1.82) is 0 Å². The molecule has 2 rings (SSSR count). The lowest BCUT2D eigenvalue weighted by Gasteiger charge is -2.03. The van der Waals surface area contributed by atoms with Gasteiger partial charge < -0.3 is 5.11 Å². The minimum Gasteiger partial charge on any atom is -0.478 e. The number of hydrogen-bond acceptors (Lipinski definition) is 5. The summed E-state index contributed by atoms with van der Waals surface area (Å²) in [6, 6.07) is 5.10. The van der Waals surface area contributed by atoms with E-state index in [0.717, 1.165) is 27.0 Å². The van der Waals surface area contributed by atoms with Gasteiger partial charge in [-0.05, 0) is 42.2 Å². The number of aromatic nitrogens is 2. The third-order valence-electron chi connectivity index (χ3n) is 2.38. The first-order valence-corrected chi connectivity index (χ1v) is 7.03. The lowest BCUT2D eigenvalue weighted by Crippen LogP contribution is -1.96. The summed E-state index contributed by atoms with van der Waals surface area (Å²) in [6.45, 7) is 3.92. The predicted molar refractivity (Wildman–Crippen MR) is 71.5 cm³/mol. The van der Waals surface area contributed by atoms with Crippen LogP contribution in [0.15, 0.2) is 27.4 Å². The van der Waals surface area contributed by atoms with Crippen LogP contribution in [0, 0.1) is 6.92 Å². The summed E-state index contributed by atoms with van der Waals surface area (Å²) in [5.41, 5.74) is 1.25. The molecule has 1 heterocycles. The molecule has 1 N–H and O–H groups in total. The van der Waals surface area contributed by atoms with Gasteiger partial charge in [0, 0.05) is 11.3 Å². The number of benzene rings is 1. The lowest BCUT2D eigenvalue weighted by molar-refractivity contribution is 0.0696. The Morgan fingerprint density at radius 3 is 2.83 bits per heavy atom. The molecule has 1 aromatic heterocycles. The quantitative estimate of drug-likeness (QED) is 0.931. The van der Waals surface area contributed by atoms with E-state index in [1.54, 1.807) is 12.1 Å². The van der Waals surface area contributed by atoms with Gasteiger partial charge in [0.15, 0.2) is 4.34 Å². The molecule has 4 nitrogen and oxygen atoms in total. The van der Waals surface area contributed by atoms with Crippen molar-refractivity contribution in [3.8, 4) is 0 Å². The minimum atomic E-state index is -0.904. The number of carboxylic acids is 1. The smallest absolute Gasteiger partial charge is 0.335 e. The van der Waals surface area contributed by atoms with Crippen LogP contribution in [0.5, 0.6) is 0 Å². The van der Waals surface area contributed by atoms with E-state index in [-0.39, 0.29) is 0 Å². The molecule has 0 aliphatic carbocycles. The van der Waals surface area contributed by atoms with Gasteiger partial charge in [0.25, 0.3) is 0 Å². The second-order valence-electron chi connectivity index (χ2n) is 3.72. The van der Waals surface area contributed by atoms with Crippen LogP contribution in [0.3, 0.4) is 0 Å². The Morgan fingerprint density at radius 1 is 1.50 bits per heavy atom. The molecule has 0 aliphatic rings. The Labute approximate surface area is 113 Å². The standard InChI is InChI=1S/C12H12N2O2S2/c1-3-10-13-12(18-14-10)17-9-5-4-8(11(15)16)6-7(9)2/h4-6H,3H2,1-2H3,(H,15,16). The van der Waals surface area contributed by atoms with Crippen molar-refractivity contribution >= 4 is 29.3 Å². The molecule has 0 amide bonds. The summed E-state index contributed by atoms with van der Waals surface area (Å²) in [4.78, 5) is 16.2. The highest BCUT2D eigenvalue weighted by Crippen LogP contribution is 2.31. The Kier molecular flexibility index (Phi) is 3.98. The molecular weight excluding hydrogens is 268 g/mol. The van der Waals surface area contributed by atoms with Crippen molar-refractivity contribution in [1.82, 2.24) is 9.36 Å². The summed E-state index contributed by atoms with van der Waals surface area (Å²) < 4.78 is 5.11. The Bertz CT molecular complexity index is 581. The second kappa shape index (κ2) is 5.49. The molecule has 0 saturated heterocycles. The van der Waals surface area contributed by atoms with Gasteiger partial charge in [0.1, 0.15) is 5.82 Å². The molecule has 0 aliphatic heterocycles. The normalized spacial score (nSPS) is 10.6. The molecule has 0 unspecified atom stereocenters. The Hall–Kier alpha value is -1.40. The van der Waals surface area contributed by atoms with E-state index in [0.29, 0.717) is 5.56 Å². The molecule has 1 aromatic carbocycles. The average Bonchev–Trinajstić information content (AvgIpc) is 2.79. The molecule has 0 bridgehead atoms. The molecule has 2 aromatic rings. The van der Waals surface area contributed by atoms with Gasteiger partial charge in [-0.15, -0.1) is 0 Å². The molecule has 18 heavy (non-hydrogen) atoms. The molecule has 0 atom stereocenters. The van der Waals surface area contributed by atoms with Gasteiger partial charge in [-0.2, -0.15) is 4.37 Å². The van der Waals surface area contributed by atoms with E-state index in [4.69, 9.17) is 5.11 Å². The second-order valence-corrected chi connectivity index (χ2v) is 5.76. The highest BCUT2D eigenvalue weighted by Gasteiger charge is 2.09. The zero-order valence-corrected chi connectivity index (χ0v) is 11.6. The molecule has 0 radical (unpaired) electrons. The molecule has 0 fully saturated rings. The van der Waals surface area contributed by atoms with Crippen molar-refractivity contribution in [2.24, 2.45) is 0 Å². The Morgan fingerprint density at radius 2 is 2.28 bits per heavy atom. The van der Waals surface area contributed by atoms with Crippen LogP contribution < -0.4 is 0 Å². The fourth-order valence-corrected chi connectivity index (χ4v) is 3.14. The van der Waals surface area contributed by atoms with E-state index < -0.39 is 5.97 Å². The molecule has 0 spiro atoms. The van der Waals surface area contributed by atoms with Crippen molar-refractivity contribution in [2.45, 2.75) is 29.5 Å². The van der Waals surface area contributed by atoms with Crippen molar-refractivity contribution in [2.75, 3.05) is 0 Å². The first kappa shape index (κ1) is 13.0. The summed E-state index contributed by atoms with van der Waals surface area (Å²) in [5.74, 6) is -0.0545. The van der Waals surface area contributed by atoms with Gasteiger partial charge in [-0.1, -0.05) is 18.7 Å². The van der Waals surface area contributed by atoms with Crippen molar-refractivity contribution < 1.29 is 9.90 Å². The van der Waals surface area contributed by atoms with E-state index in [1.165, 1.54) is 23.3 Å². The maximum absolute atomic E-state index is 10.8. The first-order valence-electron chi connectivity index (χ1n) is 5.44. The van der Waals surface area contributed by atoms with Crippen LogP contribution in [0.4, 0.5) is 0 Å². The summed E-state index contributed by atoms with van der Waals surface area (Å²) in [6.07, 6.45) is 0.827. The van der Waals surface area contributed by atoms with E-state index >= 15 is 0 Å². The van der Waals surface area contributed by atoms with Gasteiger partial charge in [0.2, 0.25) is 0 Å². The number of nitrogens with zero attached hydrogens (tertiary/aromatic N) is 2. The van der Waals surface area contributed by atoms with Gasteiger partial charge in [-0.25, -0.2) is 9.78 Å². The summed E-state index contributed by atoms with van der Waals surface area (Å²) in [7, 11) is 0. The zero-order chi connectivity index (χ0) is 13.1. The number of carbonyl (C=O) groups is 1. The number of aryl methyl sites for hydroxylation is 2. The maximum Gasteiger partial charge on any atom is 0.335 e. The molecular formula is C12H12N2O2S2. The van der Waals surface area contributed by atoms with E-state index in [2.05, 4.69) is 9.36 Å². The van der Waals surface area contributed by atoms with Crippen LogP contribution in [0.2, 0.25) is 0 Å². The summed E-state index contributed by atoms with van der Waals surface area (Å²) in [5, 5.41) is 8.90. The van der Waals surface area contributed by atoms with Crippen molar-refractivity contribution in [3.05, 3.63) is 35.2 Å². The number of hydrogen-bond donors (Lipinski definition) is 1. The minimum absolute atomic E-state index is 0.309. The van der Waals surface area contributed by atoms with Crippen LogP contribution in [0.25, 0.3) is 0 Å². The zero-order valence-electron chi connectivity index (χ0n) is 10.0. The fourth-order valence-electron chi connectivity index (χ4n) is 1.41. The Balaban J connectivity index is 2.21. The van der Waals surface area contributed by atoms with E-state index in [9.17, 15) is 4.79 Å².